The molecule has 0 aliphatic carbocycles. The summed E-state index contributed by atoms with van der Waals surface area (Å²) in [5.74, 6) is 1.51. The van der Waals surface area contributed by atoms with Crippen LogP contribution in [0.25, 0.3) is 0 Å². The maximum atomic E-state index is 5.32. The van der Waals surface area contributed by atoms with E-state index in [0.29, 0.717) is 23.3 Å². The van der Waals surface area contributed by atoms with E-state index >= 15 is 0 Å². The van der Waals surface area contributed by atoms with E-state index < -0.39 is 0 Å². The van der Waals surface area contributed by atoms with Gasteiger partial charge in [-0.3, -0.25) is 10.9 Å². The number of nitrogens with one attached hydrogen (secondary N) is 4. The van der Waals surface area contributed by atoms with Crippen molar-refractivity contribution >= 4 is 34.7 Å². The lowest BCUT2D eigenvalue weighted by atomic mass is 10.2. The molecule has 1 aromatic carbocycles. The standard InChI is InChI=1S/C13H16N4O2S2/c1-2-5-14-12(20)16-17-13(21)15-7-9-3-4-10-11(6-9)19-8-18-10/h2-4,6H,1,5,7-8H2,(H2,14,16,20)(H2,15,17,21). The molecule has 1 aliphatic rings. The number of thiocarbonyl (C=S) groups is 2. The molecule has 0 fully saturated rings. The highest BCUT2D eigenvalue weighted by atomic mass is 32.1. The van der Waals surface area contributed by atoms with Crippen LogP contribution in [-0.4, -0.2) is 23.6 Å². The number of rotatable bonds is 4. The maximum Gasteiger partial charge on any atom is 0.231 e. The lowest BCUT2D eigenvalue weighted by Gasteiger charge is -2.13. The van der Waals surface area contributed by atoms with E-state index in [0.717, 1.165) is 17.1 Å². The van der Waals surface area contributed by atoms with Gasteiger partial charge in [0.25, 0.3) is 0 Å². The molecule has 0 amide bonds. The fourth-order valence-corrected chi connectivity index (χ4v) is 1.86. The SMILES string of the molecule is C=CCNC(=S)NNC(=S)NCc1ccc2c(c1)OCO2. The van der Waals surface area contributed by atoms with Crippen molar-refractivity contribution < 1.29 is 9.47 Å². The Morgan fingerprint density at radius 3 is 2.62 bits per heavy atom. The highest BCUT2D eigenvalue weighted by Crippen LogP contribution is 2.32. The first kappa shape index (κ1) is 15.3. The fourth-order valence-electron chi connectivity index (χ4n) is 1.60. The van der Waals surface area contributed by atoms with Gasteiger partial charge in [0.2, 0.25) is 6.79 Å². The first-order valence-corrected chi connectivity index (χ1v) is 7.08. The molecule has 1 aliphatic heterocycles. The second-order valence-electron chi connectivity index (χ2n) is 4.12. The highest BCUT2D eigenvalue weighted by molar-refractivity contribution is 7.80. The summed E-state index contributed by atoms with van der Waals surface area (Å²) in [6, 6.07) is 5.75. The molecule has 8 heteroatoms. The van der Waals surface area contributed by atoms with Crippen LogP contribution in [0.2, 0.25) is 0 Å². The van der Waals surface area contributed by atoms with Crippen LogP contribution in [0.15, 0.2) is 30.9 Å². The topological polar surface area (TPSA) is 66.6 Å². The summed E-state index contributed by atoms with van der Waals surface area (Å²) < 4.78 is 10.6. The van der Waals surface area contributed by atoms with Gasteiger partial charge in [-0.15, -0.1) is 6.58 Å². The molecule has 4 N–H and O–H groups in total. The van der Waals surface area contributed by atoms with Gasteiger partial charge in [-0.25, -0.2) is 0 Å². The Kier molecular flexibility index (Phi) is 5.59. The smallest absolute Gasteiger partial charge is 0.231 e. The van der Waals surface area contributed by atoms with Gasteiger partial charge >= 0.3 is 0 Å². The molecule has 0 unspecified atom stereocenters. The van der Waals surface area contributed by atoms with Crippen LogP contribution in [0.4, 0.5) is 0 Å². The van der Waals surface area contributed by atoms with Crippen molar-refractivity contribution in [3.63, 3.8) is 0 Å². The largest absolute Gasteiger partial charge is 0.454 e. The first-order valence-electron chi connectivity index (χ1n) is 6.26. The third-order valence-electron chi connectivity index (χ3n) is 2.59. The summed E-state index contributed by atoms with van der Waals surface area (Å²) in [6.45, 7) is 5.01. The molecule has 0 saturated carbocycles. The molecule has 1 aromatic rings. The van der Waals surface area contributed by atoms with Crippen LogP contribution in [0, 0.1) is 0 Å². The van der Waals surface area contributed by atoms with Crippen LogP contribution in [0.3, 0.4) is 0 Å². The molecular weight excluding hydrogens is 308 g/mol. The van der Waals surface area contributed by atoms with Crippen molar-refractivity contribution in [3.05, 3.63) is 36.4 Å². The van der Waals surface area contributed by atoms with Crippen molar-refractivity contribution in [3.8, 4) is 11.5 Å². The highest BCUT2D eigenvalue weighted by Gasteiger charge is 2.12. The van der Waals surface area contributed by atoms with Gasteiger partial charge in [0.15, 0.2) is 21.7 Å². The van der Waals surface area contributed by atoms with E-state index in [1.165, 1.54) is 0 Å². The maximum absolute atomic E-state index is 5.32. The molecule has 1 heterocycles. The predicted molar refractivity (Wildman–Crippen MR) is 89.1 cm³/mol. The first-order chi connectivity index (χ1) is 10.2. The van der Waals surface area contributed by atoms with Crippen molar-refractivity contribution in [1.82, 2.24) is 21.5 Å². The summed E-state index contributed by atoms with van der Waals surface area (Å²) in [4.78, 5) is 0. The number of hydrogen-bond acceptors (Lipinski definition) is 4. The number of ether oxygens (including phenoxy) is 2. The van der Waals surface area contributed by atoms with Gasteiger partial charge in [0, 0.05) is 13.1 Å². The monoisotopic (exact) mass is 324 g/mol. The average Bonchev–Trinajstić information content (AvgIpc) is 2.96. The zero-order valence-electron chi connectivity index (χ0n) is 11.3. The van der Waals surface area contributed by atoms with Gasteiger partial charge < -0.3 is 20.1 Å². The minimum Gasteiger partial charge on any atom is -0.454 e. The van der Waals surface area contributed by atoms with E-state index in [4.69, 9.17) is 33.9 Å². The number of hydrogen-bond donors (Lipinski definition) is 4. The Morgan fingerprint density at radius 2 is 1.86 bits per heavy atom. The quantitative estimate of drug-likeness (QED) is 0.371. The van der Waals surface area contributed by atoms with E-state index in [-0.39, 0.29) is 6.79 Å². The number of benzene rings is 1. The molecule has 112 valence electrons. The Hall–Kier alpha value is -2.06. The molecule has 21 heavy (non-hydrogen) atoms. The van der Waals surface area contributed by atoms with E-state index in [2.05, 4.69) is 28.1 Å². The van der Waals surface area contributed by atoms with Crippen molar-refractivity contribution in [2.45, 2.75) is 6.54 Å². The molecule has 0 radical (unpaired) electrons. The second-order valence-corrected chi connectivity index (χ2v) is 4.94. The van der Waals surface area contributed by atoms with Gasteiger partial charge in [-0.05, 0) is 42.1 Å². The van der Waals surface area contributed by atoms with E-state index in [1.54, 1.807) is 6.08 Å². The zero-order valence-corrected chi connectivity index (χ0v) is 12.9. The van der Waals surface area contributed by atoms with Gasteiger partial charge in [0.05, 0.1) is 0 Å². The Labute approximate surface area is 133 Å². The van der Waals surface area contributed by atoms with Gasteiger partial charge in [-0.1, -0.05) is 12.1 Å². The molecule has 0 aromatic heterocycles. The predicted octanol–water partition coefficient (Wildman–Crippen LogP) is 0.944. The number of hydrazine groups is 1. The van der Waals surface area contributed by atoms with Crippen molar-refractivity contribution in [1.29, 1.82) is 0 Å². The van der Waals surface area contributed by atoms with E-state index in [1.807, 2.05) is 18.2 Å². The lowest BCUT2D eigenvalue weighted by molar-refractivity contribution is 0.174. The lowest BCUT2D eigenvalue weighted by Crippen LogP contribution is -2.50. The summed E-state index contributed by atoms with van der Waals surface area (Å²) >= 11 is 10.2. The third-order valence-corrected chi connectivity index (χ3v) is 3.08. The summed E-state index contributed by atoms with van der Waals surface area (Å²) in [5.41, 5.74) is 6.60. The molecular formula is C13H16N4O2S2. The van der Waals surface area contributed by atoms with Crippen molar-refractivity contribution in [2.24, 2.45) is 0 Å². The average molecular weight is 324 g/mol. The van der Waals surface area contributed by atoms with Crippen LogP contribution < -0.4 is 31.0 Å². The van der Waals surface area contributed by atoms with E-state index in [9.17, 15) is 0 Å². The van der Waals surface area contributed by atoms with Crippen LogP contribution in [-0.2, 0) is 6.54 Å². The Balaban J connectivity index is 1.71. The normalized spacial score (nSPS) is 11.4. The molecule has 0 atom stereocenters. The summed E-state index contributed by atoms with van der Waals surface area (Å²) in [5, 5.41) is 6.85. The Morgan fingerprint density at radius 1 is 1.14 bits per heavy atom. The molecule has 2 rings (SSSR count). The zero-order chi connectivity index (χ0) is 15.1. The molecule has 0 spiro atoms. The summed E-state index contributed by atoms with van der Waals surface area (Å²) in [6.07, 6.45) is 1.71. The Bertz CT molecular complexity index is 551. The van der Waals surface area contributed by atoms with Crippen LogP contribution in [0.1, 0.15) is 5.56 Å². The minimum atomic E-state index is 0.269. The van der Waals surface area contributed by atoms with Crippen LogP contribution >= 0.6 is 24.4 Å². The van der Waals surface area contributed by atoms with Crippen molar-refractivity contribution in [2.75, 3.05) is 13.3 Å². The molecule has 6 nitrogen and oxygen atoms in total. The molecule has 0 saturated heterocycles. The third kappa shape index (κ3) is 4.76. The van der Waals surface area contributed by atoms with Gasteiger partial charge in [-0.2, -0.15) is 0 Å². The summed E-state index contributed by atoms with van der Waals surface area (Å²) in [7, 11) is 0. The molecule has 0 bridgehead atoms. The van der Waals surface area contributed by atoms with Gasteiger partial charge in [0.1, 0.15) is 0 Å². The minimum absolute atomic E-state index is 0.269. The fraction of sp³-hybridized carbons (Fsp3) is 0.231. The second kappa shape index (κ2) is 7.65. The van der Waals surface area contributed by atoms with Crippen LogP contribution in [0.5, 0.6) is 11.5 Å². The number of fused-ring (bicyclic) bond motifs is 1.